The van der Waals surface area contributed by atoms with Crippen molar-refractivity contribution in [2.75, 3.05) is 49.4 Å². The molecule has 0 radical (unpaired) electrons. The van der Waals surface area contributed by atoms with E-state index < -0.39 is 0 Å². The minimum absolute atomic E-state index is 0.231. The molecular formula is C18H21N3O3. The van der Waals surface area contributed by atoms with E-state index in [4.69, 9.17) is 15.2 Å². The Bertz CT molecular complexity index is 727. The van der Waals surface area contributed by atoms with Gasteiger partial charge in [-0.3, -0.25) is 4.79 Å². The first-order valence-electron chi connectivity index (χ1n) is 7.85. The van der Waals surface area contributed by atoms with Gasteiger partial charge in [-0.25, -0.2) is 0 Å². The number of hydrogen-bond acceptors (Lipinski definition) is 5. The standard InChI is InChI=1S/C18H21N3O3/c1-23-17-5-3-2-4-14(17)18(22)20-13-6-7-16(15(19)12-13)21-8-10-24-11-9-21/h2-7,12H,8-11,19H2,1H3,(H,20,22). The highest BCUT2D eigenvalue weighted by atomic mass is 16.5. The van der Waals surface area contributed by atoms with E-state index >= 15 is 0 Å². The Kier molecular flexibility index (Phi) is 4.86. The highest BCUT2D eigenvalue weighted by Crippen LogP contribution is 2.28. The van der Waals surface area contributed by atoms with Crippen LogP contribution in [0.4, 0.5) is 17.1 Å². The molecule has 3 rings (SSSR count). The quantitative estimate of drug-likeness (QED) is 0.843. The summed E-state index contributed by atoms with van der Waals surface area (Å²) in [4.78, 5) is 14.6. The Morgan fingerprint density at radius 3 is 2.67 bits per heavy atom. The van der Waals surface area contributed by atoms with Crippen molar-refractivity contribution >= 4 is 23.0 Å². The first-order valence-corrected chi connectivity index (χ1v) is 7.85. The highest BCUT2D eigenvalue weighted by molar-refractivity contribution is 6.06. The van der Waals surface area contributed by atoms with E-state index in [-0.39, 0.29) is 5.91 Å². The molecule has 6 heteroatoms. The Morgan fingerprint density at radius 2 is 1.96 bits per heavy atom. The van der Waals surface area contributed by atoms with Gasteiger partial charge in [0.15, 0.2) is 0 Å². The van der Waals surface area contributed by atoms with Crippen molar-refractivity contribution in [2.45, 2.75) is 0 Å². The third-order valence-corrected chi connectivity index (χ3v) is 3.99. The number of nitrogens with zero attached hydrogens (tertiary/aromatic N) is 1. The fourth-order valence-electron chi connectivity index (χ4n) is 2.76. The van der Waals surface area contributed by atoms with Crippen molar-refractivity contribution in [3.63, 3.8) is 0 Å². The van der Waals surface area contributed by atoms with Gasteiger partial charge in [0.05, 0.1) is 37.3 Å². The largest absolute Gasteiger partial charge is 0.496 e. The molecule has 0 aliphatic carbocycles. The molecule has 0 spiro atoms. The molecule has 1 aliphatic rings. The number of rotatable bonds is 4. The molecule has 1 amide bonds. The van der Waals surface area contributed by atoms with Crippen molar-refractivity contribution in [3.05, 3.63) is 48.0 Å². The molecule has 126 valence electrons. The topological polar surface area (TPSA) is 76.8 Å². The van der Waals surface area contributed by atoms with E-state index in [0.29, 0.717) is 35.9 Å². The maximum Gasteiger partial charge on any atom is 0.259 e. The molecule has 1 fully saturated rings. The number of hydrogen-bond donors (Lipinski definition) is 2. The van der Waals surface area contributed by atoms with Crippen LogP contribution in [-0.2, 0) is 4.74 Å². The molecule has 0 aromatic heterocycles. The summed E-state index contributed by atoms with van der Waals surface area (Å²) in [6.45, 7) is 3.03. The number of carbonyl (C=O) groups excluding carboxylic acids is 1. The summed E-state index contributed by atoms with van der Waals surface area (Å²) in [5.74, 6) is 0.305. The molecule has 1 heterocycles. The molecule has 1 aliphatic heterocycles. The predicted octanol–water partition coefficient (Wildman–Crippen LogP) is 2.37. The third-order valence-electron chi connectivity index (χ3n) is 3.99. The van der Waals surface area contributed by atoms with Gasteiger partial charge in [0.2, 0.25) is 0 Å². The number of nitrogens with two attached hydrogens (primary N) is 1. The number of anilines is 3. The maximum atomic E-state index is 12.4. The zero-order chi connectivity index (χ0) is 16.9. The molecule has 24 heavy (non-hydrogen) atoms. The van der Waals surface area contributed by atoms with Crippen LogP contribution in [0.5, 0.6) is 5.75 Å². The number of amides is 1. The number of nitrogen functional groups attached to an aromatic ring is 1. The van der Waals surface area contributed by atoms with Crippen LogP contribution in [0.3, 0.4) is 0 Å². The lowest BCUT2D eigenvalue weighted by atomic mass is 10.1. The van der Waals surface area contributed by atoms with Gasteiger partial charge in [0.25, 0.3) is 5.91 Å². The normalized spacial score (nSPS) is 14.3. The second-order valence-electron chi connectivity index (χ2n) is 5.53. The number of para-hydroxylation sites is 1. The van der Waals surface area contributed by atoms with Crippen LogP contribution in [0, 0.1) is 0 Å². The average molecular weight is 327 g/mol. The highest BCUT2D eigenvalue weighted by Gasteiger charge is 2.15. The Hall–Kier alpha value is -2.73. The molecule has 3 N–H and O–H groups in total. The Balaban J connectivity index is 1.76. The van der Waals surface area contributed by atoms with Gasteiger partial charge in [-0.15, -0.1) is 0 Å². The summed E-state index contributed by atoms with van der Waals surface area (Å²) in [7, 11) is 1.54. The fraction of sp³-hybridized carbons (Fsp3) is 0.278. The smallest absolute Gasteiger partial charge is 0.259 e. The zero-order valence-corrected chi connectivity index (χ0v) is 13.6. The minimum atomic E-state index is -0.231. The monoisotopic (exact) mass is 327 g/mol. The number of ether oxygens (including phenoxy) is 2. The Morgan fingerprint density at radius 1 is 1.21 bits per heavy atom. The van der Waals surface area contributed by atoms with Crippen LogP contribution in [0.25, 0.3) is 0 Å². The Labute approximate surface area is 141 Å². The lowest BCUT2D eigenvalue weighted by Gasteiger charge is -2.30. The van der Waals surface area contributed by atoms with Crippen molar-refractivity contribution in [1.82, 2.24) is 0 Å². The molecule has 0 atom stereocenters. The van der Waals surface area contributed by atoms with Crippen molar-refractivity contribution in [1.29, 1.82) is 0 Å². The summed E-state index contributed by atoms with van der Waals surface area (Å²) in [6, 6.07) is 12.7. The number of morpholine rings is 1. The zero-order valence-electron chi connectivity index (χ0n) is 13.6. The SMILES string of the molecule is COc1ccccc1C(=O)Nc1ccc(N2CCOCC2)c(N)c1. The average Bonchev–Trinajstić information content (AvgIpc) is 2.62. The molecule has 2 aromatic carbocycles. The van der Waals surface area contributed by atoms with Gasteiger partial charge in [0.1, 0.15) is 5.75 Å². The maximum absolute atomic E-state index is 12.4. The van der Waals surface area contributed by atoms with Crippen LogP contribution in [0.1, 0.15) is 10.4 Å². The van der Waals surface area contributed by atoms with Gasteiger partial charge in [-0.05, 0) is 30.3 Å². The molecule has 0 unspecified atom stereocenters. The summed E-state index contributed by atoms with van der Waals surface area (Å²) >= 11 is 0. The molecular weight excluding hydrogens is 306 g/mol. The van der Waals surface area contributed by atoms with Crippen molar-refractivity contribution in [2.24, 2.45) is 0 Å². The van der Waals surface area contributed by atoms with E-state index in [1.165, 1.54) is 0 Å². The van der Waals surface area contributed by atoms with Crippen LogP contribution in [-0.4, -0.2) is 39.3 Å². The van der Waals surface area contributed by atoms with E-state index in [9.17, 15) is 4.79 Å². The summed E-state index contributed by atoms with van der Waals surface area (Å²) < 4.78 is 10.6. The predicted molar refractivity (Wildman–Crippen MR) is 94.8 cm³/mol. The lowest BCUT2D eigenvalue weighted by molar-refractivity contribution is 0.102. The van der Waals surface area contributed by atoms with Crippen LogP contribution >= 0.6 is 0 Å². The summed E-state index contributed by atoms with van der Waals surface area (Å²) in [6.07, 6.45) is 0. The van der Waals surface area contributed by atoms with Crippen molar-refractivity contribution < 1.29 is 14.3 Å². The third kappa shape index (κ3) is 3.44. The van der Waals surface area contributed by atoms with E-state index in [0.717, 1.165) is 18.8 Å². The van der Waals surface area contributed by atoms with Gasteiger partial charge >= 0.3 is 0 Å². The van der Waals surface area contributed by atoms with Gasteiger partial charge in [-0.2, -0.15) is 0 Å². The minimum Gasteiger partial charge on any atom is -0.496 e. The van der Waals surface area contributed by atoms with E-state index in [1.54, 1.807) is 31.4 Å². The number of benzene rings is 2. The van der Waals surface area contributed by atoms with Crippen molar-refractivity contribution in [3.8, 4) is 5.75 Å². The van der Waals surface area contributed by atoms with E-state index in [1.807, 2.05) is 18.2 Å². The molecule has 6 nitrogen and oxygen atoms in total. The van der Waals surface area contributed by atoms with Gasteiger partial charge in [-0.1, -0.05) is 12.1 Å². The van der Waals surface area contributed by atoms with E-state index in [2.05, 4.69) is 10.2 Å². The molecule has 2 aromatic rings. The molecule has 0 bridgehead atoms. The number of nitrogens with one attached hydrogen (secondary N) is 1. The second-order valence-corrected chi connectivity index (χ2v) is 5.53. The molecule has 1 saturated heterocycles. The summed E-state index contributed by atoms with van der Waals surface area (Å²) in [5.41, 5.74) is 8.90. The van der Waals surface area contributed by atoms with Crippen LogP contribution < -0.4 is 20.7 Å². The van der Waals surface area contributed by atoms with Gasteiger partial charge < -0.3 is 25.4 Å². The summed E-state index contributed by atoms with van der Waals surface area (Å²) in [5, 5.41) is 2.86. The van der Waals surface area contributed by atoms with Crippen LogP contribution in [0.15, 0.2) is 42.5 Å². The first-order chi connectivity index (χ1) is 11.7. The lowest BCUT2D eigenvalue weighted by Crippen LogP contribution is -2.36. The number of methoxy groups -OCH3 is 1. The van der Waals surface area contributed by atoms with Gasteiger partial charge in [0, 0.05) is 18.8 Å². The van der Waals surface area contributed by atoms with Crippen LogP contribution in [0.2, 0.25) is 0 Å². The fourth-order valence-corrected chi connectivity index (χ4v) is 2.76. The first kappa shape index (κ1) is 16.1. The number of carbonyl (C=O) groups is 1. The second kappa shape index (κ2) is 7.23. The molecule has 0 saturated carbocycles.